The fraction of sp³-hybridized carbons (Fsp3) is 0. The molecule has 2 heteroatoms. The van der Waals surface area contributed by atoms with Crippen LogP contribution >= 0.6 is 0 Å². The van der Waals surface area contributed by atoms with E-state index in [4.69, 9.17) is 4.42 Å². The van der Waals surface area contributed by atoms with Crippen LogP contribution in [0, 0.1) is 0 Å². The minimum Gasteiger partial charge on any atom is -0.456 e. The van der Waals surface area contributed by atoms with E-state index in [0.717, 1.165) is 55.7 Å². The Kier molecular flexibility index (Phi) is 7.53. The number of hydrogen-bond donors (Lipinski definition) is 0. The molecule has 0 saturated carbocycles. The van der Waals surface area contributed by atoms with E-state index in [1.807, 2.05) is 12.1 Å². The van der Waals surface area contributed by atoms with E-state index in [-0.39, 0.29) is 0 Å². The van der Waals surface area contributed by atoms with Crippen molar-refractivity contribution in [1.29, 1.82) is 0 Å². The third kappa shape index (κ3) is 5.34. The molecule has 1 aromatic heterocycles. The Labute approximate surface area is 325 Å². The Bertz CT molecular complexity index is 3260. The summed E-state index contributed by atoms with van der Waals surface area (Å²) in [5, 5.41) is 9.70. The van der Waals surface area contributed by atoms with Crippen molar-refractivity contribution in [2.75, 3.05) is 4.90 Å². The maximum absolute atomic E-state index is 6.15. The Hall–Kier alpha value is -7.42. The van der Waals surface area contributed by atoms with Gasteiger partial charge >= 0.3 is 0 Å². The van der Waals surface area contributed by atoms with Crippen LogP contribution in [0.5, 0.6) is 0 Å². The lowest BCUT2D eigenvalue weighted by Gasteiger charge is -2.30. The van der Waals surface area contributed by atoms with E-state index >= 15 is 0 Å². The van der Waals surface area contributed by atoms with Crippen molar-refractivity contribution in [2.45, 2.75) is 0 Å². The quantitative estimate of drug-likeness (QED) is 0.160. The molecule has 0 radical (unpaired) electrons. The molecule has 262 valence electrons. The van der Waals surface area contributed by atoms with Crippen molar-refractivity contribution in [2.24, 2.45) is 0 Å². The molecule has 0 N–H and O–H groups in total. The third-order valence-corrected chi connectivity index (χ3v) is 11.2. The number of anilines is 3. The SMILES string of the molecule is c1ccc(N(c2ccc(-c3ccc4oc5ccccc5c4c3)cc2)c2ccccc2-c2cc3ccccc3c3ccccc23)c(-c2ccc3ccccc3c2)c1. The number of rotatable bonds is 6. The second kappa shape index (κ2) is 13.2. The number of para-hydroxylation sites is 3. The van der Waals surface area contributed by atoms with Gasteiger partial charge in [0.05, 0.1) is 11.4 Å². The normalized spacial score (nSPS) is 11.6. The highest BCUT2D eigenvalue weighted by Gasteiger charge is 2.22. The maximum Gasteiger partial charge on any atom is 0.135 e. The fourth-order valence-electron chi connectivity index (χ4n) is 8.56. The van der Waals surface area contributed by atoms with Crippen LogP contribution in [0.25, 0.3) is 87.6 Å². The molecule has 0 aliphatic carbocycles. The van der Waals surface area contributed by atoms with Crippen LogP contribution in [0.15, 0.2) is 217 Å². The highest BCUT2D eigenvalue weighted by molar-refractivity contribution is 6.15. The zero-order valence-corrected chi connectivity index (χ0v) is 30.6. The van der Waals surface area contributed by atoms with Crippen molar-refractivity contribution in [3.63, 3.8) is 0 Å². The standard InChI is InChI=1S/C54H35NO/c1-2-14-38-33-41(26-25-36(38)13-1)44-17-7-10-22-51(44)55(42-30-27-37(28-31-42)39-29-32-54-50(34-39)48-21-9-12-24-53(48)56-54)52-23-11-8-20-47(52)49-35-40-15-3-4-16-43(40)45-18-5-6-19-46(45)49/h1-35H. The van der Waals surface area contributed by atoms with Crippen LogP contribution in [0.4, 0.5) is 17.1 Å². The first kappa shape index (κ1) is 32.0. The van der Waals surface area contributed by atoms with Crippen molar-refractivity contribution >= 4 is 71.3 Å². The van der Waals surface area contributed by atoms with Gasteiger partial charge in [-0.25, -0.2) is 0 Å². The Morgan fingerprint density at radius 2 is 0.857 bits per heavy atom. The van der Waals surface area contributed by atoms with Crippen LogP contribution in [0.3, 0.4) is 0 Å². The van der Waals surface area contributed by atoms with Gasteiger partial charge < -0.3 is 9.32 Å². The molecular formula is C54H35NO. The number of hydrogen-bond acceptors (Lipinski definition) is 2. The number of nitrogens with zero attached hydrogens (tertiary/aromatic N) is 1. The molecule has 0 atom stereocenters. The summed E-state index contributed by atoms with van der Waals surface area (Å²) in [4.78, 5) is 2.44. The predicted molar refractivity (Wildman–Crippen MR) is 237 cm³/mol. The number of furan rings is 1. The maximum atomic E-state index is 6.15. The summed E-state index contributed by atoms with van der Waals surface area (Å²) in [6.07, 6.45) is 0. The van der Waals surface area contributed by atoms with Crippen molar-refractivity contribution < 1.29 is 4.42 Å². The van der Waals surface area contributed by atoms with Crippen LogP contribution in [0.1, 0.15) is 0 Å². The van der Waals surface area contributed by atoms with Crippen molar-refractivity contribution in [1.82, 2.24) is 0 Å². The lowest BCUT2D eigenvalue weighted by molar-refractivity contribution is 0.669. The molecule has 0 spiro atoms. The first-order valence-electron chi connectivity index (χ1n) is 19.2. The lowest BCUT2D eigenvalue weighted by atomic mass is 9.91. The van der Waals surface area contributed by atoms with Gasteiger partial charge in [-0.15, -0.1) is 0 Å². The summed E-state index contributed by atoms with van der Waals surface area (Å²) < 4.78 is 6.15. The summed E-state index contributed by atoms with van der Waals surface area (Å²) >= 11 is 0. The van der Waals surface area contributed by atoms with Crippen molar-refractivity contribution in [3.05, 3.63) is 212 Å². The van der Waals surface area contributed by atoms with Gasteiger partial charge in [-0.05, 0) is 109 Å². The van der Waals surface area contributed by atoms with Gasteiger partial charge in [0.2, 0.25) is 0 Å². The average Bonchev–Trinajstić information content (AvgIpc) is 3.65. The van der Waals surface area contributed by atoms with Gasteiger partial charge in [-0.2, -0.15) is 0 Å². The Balaban J connectivity index is 1.12. The van der Waals surface area contributed by atoms with Crippen molar-refractivity contribution in [3.8, 4) is 33.4 Å². The summed E-state index contributed by atoms with van der Waals surface area (Å²) in [5.41, 5.74) is 12.1. The molecule has 10 aromatic carbocycles. The van der Waals surface area contributed by atoms with Gasteiger partial charge in [0.1, 0.15) is 11.2 Å². The fourth-order valence-corrected chi connectivity index (χ4v) is 8.56. The monoisotopic (exact) mass is 713 g/mol. The van der Waals surface area contributed by atoms with Crippen LogP contribution < -0.4 is 4.90 Å². The summed E-state index contributed by atoms with van der Waals surface area (Å²) in [5.74, 6) is 0. The smallest absolute Gasteiger partial charge is 0.135 e. The second-order valence-electron chi connectivity index (χ2n) is 14.5. The molecule has 0 fully saturated rings. The van der Waals surface area contributed by atoms with E-state index in [0.29, 0.717) is 0 Å². The number of benzene rings is 10. The van der Waals surface area contributed by atoms with Gasteiger partial charge in [0.15, 0.2) is 0 Å². The molecule has 56 heavy (non-hydrogen) atoms. The largest absolute Gasteiger partial charge is 0.456 e. The van der Waals surface area contributed by atoms with E-state index < -0.39 is 0 Å². The van der Waals surface area contributed by atoms with Gasteiger partial charge in [0, 0.05) is 27.6 Å². The highest BCUT2D eigenvalue weighted by atomic mass is 16.3. The molecule has 1 heterocycles. The van der Waals surface area contributed by atoms with Gasteiger partial charge in [-0.3, -0.25) is 0 Å². The highest BCUT2D eigenvalue weighted by Crippen LogP contribution is 2.47. The zero-order chi connectivity index (χ0) is 37.0. The Morgan fingerprint density at radius 1 is 0.286 bits per heavy atom. The zero-order valence-electron chi connectivity index (χ0n) is 30.6. The minimum atomic E-state index is 0.904. The minimum absolute atomic E-state index is 0.904. The molecule has 0 unspecified atom stereocenters. The first-order chi connectivity index (χ1) is 27.8. The van der Waals surface area contributed by atoms with E-state index in [1.165, 1.54) is 49.0 Å². The lowest BCUT2D eigenvalue weighted by Crippen LogP contribution is -2.12. The molecule has 11 rings (SSSR count). The second-order valence-corrected chi connectivity index (χ2v) is 14.5. The molecule has 2 nitrogen and oxygen atoms in total. The summed E-state index contributed by atoms with van der Waals surface area (Å²) in [6.45, 7) is 0. The van der Waals surface area contributed by atoms with Crippen LogP contribution in [-0.2, 0) is 0 Å². The van der Waals surface area contributed by atoms with E-state index in [1.54, 1.807) is 0 Å². The van der Waals surface area contributed by atoms with E-state index in [2.05, 4.69) is 205 Å². The first-order valence-corrected chi connectivity index (χ1v) is 19.2. The molecule has 0 aliphatic heterocycles. The summed E-state index contributed by atoms with van der Waals surface area (Å²) in [6, 6.07) is 76.7. The Morgan fingerprint density at radius 3 is 1.68 bits per heavy atom. The number of fused-ring (bicyclic) bond motifs is 7. The molecule has 0 amide bonds. The molecule has 11 aromatic rings. The van der Waals surface area contributed by atoms with E-state index in [9.17, 15) is 0 Å². The predicted octanol–water partition coefficient (Wildman–Crippen LogP) is 15.5. The topological polar surface area (TPSA) is 16.4 Å². The third-order valence-electron chi connectivity index (χ3n) is 11.2. The molecule has 0 aliphatic rings. The average molecular weight is 714 g/mol. The van der Waals surface area contributed by atoms with Gasteiger partial charge in [-0.1, -0.05) is 158 Å². The molecule has 0 saturated heterocycles. The van der Waals surface area contributed by atoms with Crippen LogP contribution in [-0.4, -0.2) is 0 Å². The summed E-state index contributed by atoms with van der Waals surface area (Å²) in [7, 11) is 0. The molecule has 0 bridgehead atoms. The van der Waals surface area contributed by atoms with Gasteiger partial charge in [0.25, 0.3) is 0 Å². The molecular weight excluding hydrogens is 679 g/mol. The van der Waals surface area contributed by atoms with Crippen LogP contribution in [0.2, 0.25) is 0 Å².